The normalized spacial score (nSPS) is 24.0. The van der Waals surface area contributed by atoms with Crippen LogP contribution in [0.15, 0.2) is 18.2 Å². The molecule has 1 aromatic rings. The lowest BCUT2D eigenvalue weighted by atomic mass is 9.87. The third-order valence-corrected chi connectivity index (χ3v) is 4.78. The van der Waals surface area contributed by atoms with Crippen LogP contribution in [-0.4, -0.2) is 35.1 Å². The third-order valence-electron chi connectivity index (χ3n) is 4.78. The van der Waals surface area contributed by atoms with Crippen molar-refractivity contribution in [3.8, 4) is 0 Å². The maximum absolute atomic E-state index is 13.5. The first-order valence-corrected chi connectivity index (χ1v) is 8.11. The highest BCUT2D eigenvalue weighted by molar-refractivity contribution is 5.77. The fraction of sp³-hybridized carbons (Fsp3) is 0.529. The number of urea groups is 1. The summed E-state index contributed by atoms with van der Waals surface area (Å²) in [6.07, 6.45) is 3.92. The van der Waals surface area contributed by atoms with Gasteiger partial charge in [-0.1, -0.05) is 6.07 Å². The van der Waals surface area contributed by atoms with E-state index in [0.29, 0.717) is 19.4 Å². The topological polar surface area (TPSA) is 69.6 Å². The zero-order valence-corrected chi connectivity index (χ0v) is 12.9. The lowest BCUT2D eigenvalue weighted by Gasteiger charge is -2.33. The lowest BCUT2D eigenvalue weighted by molar-refractivity contribution is -0.143. The summed E-state index contributed by atoms with van der Waals surface area (Å²) < 4.78 is 13.5. The van der Waals surface area contributed by atoms with Crippen LogP contribution in [0.25, 0.3) is 0 Å². The van der Waals surface area contributed by atoms with Crippen LogP contribution >= 0.6 is 0 Å². The highest BCUT2D eigenvalue weighted by Gasteiger charge is 2.30. The Morgan fingerprint density at radius 2 is 2.09 bits per heavy atom. The number of nitrogens with zero attached hydrogens (tertiary/aromatic N) is 1. The van der Waals surface area contributed by atoms with E-state index in [-0.39, 0.29) is 24.4 Å². The standard InChI is InChI=1S/C17H21FN2O3/c18-13-7-6-11-3-1-5-15(14(11)9-13)19-17(23)20-8-2-4-12(10-20)16(21)22/h6-7,9,12,15H,1-5,8,10H2,(H,19,23)(H,21,22)/t12?,15-/m0/s1. The van der Waals surface area contributed by atoms with E-state index in [1.54, 1.807) is 11.0 Å². The summed E-state index contributed by atoms with van der Waals surface area (Å²) in [4.78, 5) is 25.1. The van der Waals surface area contributed by atoms with Gasteiger partial charge >= 0.3 is 12.0 Å². The fourth-order valence-corrected chi connectivity index (χ4v) is 3.52. The number of aliphatic carboxylic acids is 1. The predicted octanol–water partition coefficient (Wildman–Crippen LogP) is 2.71. The van der Waals surface area contributed by atoms with Gasteiger partial charge in [0.1, 0.15) is 5.82 Å². The Labute approximate surface area is 134 Å². The van der Waals surface area contributed by atoms with Gasteiger partial charge in [-0.3, -0.25) is 4.79 Å². The third kappa shape index (κ3) is 3.46. The number of halogens is 1. The number of likely N-dealkylation sites (tertiary alicyclic amines) is 1. The van der Waals surface area contributed by atoms with Crippen molar-refractivity contribution in [1.29, 1.82) is 0 Å². The second-order valence-corrected chi connectivity index (χ2v) is 6.36. The zero-order chi connectivity index (χ0) is 16.4. The number of rotatable bonds is 2. The number of amides is 2. The van der Waals surface area contributed by atoms with Gasteiger partial charge in [0.05, 0.1) is 12.0 Å². The predicted molar refractivity (Wildman–Crippen MR) is 82.5 cm³/mol. The molecule has 0 bridgehead atoms. The van der Waals surface area contributed by atoms with E-state index < -0.39 is 11.9 Å². The van der Waals surface area contributed by atoms with Crippen LogP contribution in [-0.2, 0) is 11.2 Å². The van der Waals surface area contributed by atoms with Gasteiger partial charge in [-0.05, 0) is 55.4 Å². The van der Waals surface area contributed by atoms with Gasteiger partial charge in [-0.25, -0.2) is 9.18 Å². The molecule has 1 heterocycles. The number of benzene rings is 1. The molecule has 5 nitrogen and oxygen atoms in total. The monoisotopic (exact) mass is 320 g/mol. The van der Waals surface area contributed by atoms with Crippen molar-refractivity contribution in [2.24, 2.45) is 5.92 Å². The first kappa shape index (κ1) is 15.8. The lowest BCUT2D eigenvalue weighted by Crippen LogP contribution is -2.48. The van der Waals surface area contributed by atoms with Crippen LogP contribution in [0.1, 0.15) is 42.9 Å². The molecule has 2 amide bonds. The largest absolute Gasteiger partial charge is 0.481 e. The van der Waals surface area contributed by atoms with E-state index in [1.165, 1.54) is 12.1 Å². The molecule has 23 heavy (non-hydrogen) atoms. The number of hydrogen-bond acceptors (Lipinski definition) is 2. The van der Waals surface area contributed by atoms with Crippen molar-refractivity contribution >= 4 is 12.0 Å². The summed E-state index contributed by atoms with van der Waals surface area (Å²) in [5, 5.41) is 12.1. The van der Waals surface area contributed by atoms with E-state index in [1.807, 2.05) is 0 Å². The number of carbonyl (C=O) groups excluding carboxylic acids is 1. The average Bonchev–Trinajstić information content (AvgIpc) is 2.55. The first-order chi connectivity index (χ1) is 11.0. The summed E-state index contributed by atoms with van der Waals surface area (Å²) in [6, 6.07) is 4.27. The molecule has 0 radical (unpaired) electrons. The van der Waals surface area contributed by atoms with E-state index in [4.69, 9.17) is 5.11 Å². The number of aryl methyl sites for hydroxylation is 1. The molecule has 1 saturated heterocycles. The van der Waals surface area contributed by atoms with E-state index >= 15 is 0 Å². The smallest absolute Gasteiger partial charge is 0.317 e. The minimum absolute atomic E-state index is 0.202. The zero-order valence-electron chi connectivity index (χ0n) is 12.9. The van der Waals surface area contributed by atoms with Crippen LogP contribution in [0.2, 0.25) is 0 Å². The summed E-state index contributed by atoms with van der Waals surface area (Å²) in [7, 11) is 0. The summed E-state index contributed by atoms with van der Waals surface area (Å²) in [5.74, 6) is -1.65. The highest BCUT2D eigenvalue weighted by Crippen LogP contribution is 2.30. The van der Waals surface area contributed by atoms with E-state index in [9.17, 15) is 14.0 Å². The van der Waals surface area contributed by atoms with Gasteiger partial charge in [-0.2, -0.15) is 0 Å². The Morgan fingerprint density at radius 1 is 1.26 bits per heavy atom. The van der Waals surface area contributed by atoms with Gasteiger partial charge < -0.3 is 15.3 Å². The molecule has 1 unspecified atom stereocenters. The second-order valence-electron chi connectivity index (χ2n) is 6.36. The van der Waals surface area contributed by atoms with Crippen molar-refractivity contribution in [2.45, 2.75) is 38.1 Å². The molecular weight excluding hydrogens is 299 g/mol. The number of carboxylic acid groups (broad SMARTS) is 1. The maximum Gasteiger partial charge on any atom is 0.317 e. The molecule has 3 rings (SSSR count). The van der Waals surface area contributed by atoms with Crippen LogP contribution in [0, 0.1) is 11.7 Å². The highest BCUT2D eigenvalue weighted by atomic mass is 19.1. The molecule has 1 aromatic carbocycles. The fourth-order valence-electron chi connectivity index (χ4n) is 3.52. The minimum Gasteiger partial charge on any atom is -0.481 e. The van der Waals surface area contributed by atoms with Crippen molar-refractivity contribution in [3.05, 3.63) is 35.1 Å². The van der Waals surface area contributed by atoms with E-state index in [2.05, 4.69) is 5.32 Å². The van der Waals surface area contributed by atoms with Gasteiger partial charge in [0.15, 0.2) is 0 Å². The van der Waals surface area contributed by atoms with Gasteiger partial charge in [0, 0.05) is 13.1 Å². The molecule has 1 aliphatic carbocycles. The Balaban J connectivity index is 1.69. The summed E-state index contributed by atoms with van der Waals surface area (Å²) in [6.45, 7) is 0.808. The van der Waals surface area contributed by atoms with Crippen LogP contribution < -0.4 is 5.32 Å². The molecule has 1 fully saturated rings. The summed E-state index contributed by atoms with van der Waals surface area (Å²) >= 11 is 0. The molecule has 2 aliphatic rings. The molecule has 0 spiro atoms. The van der Waals surface area contributed by atoms with Crippen LogP contribution in [0.4, 0.5) is 9.18 Å². The van der Waals surface area contributed by atoms with E-state index in [0.717, 1.165) is 30.4 Å². The molecule has 0 aromatic heterocycles. The number of hydrogen-bond donors (Lipinski definition) is 2. The second kappa shape index (κ2) is 6.56. The van der Waals surface area contributed by atoms with Gasteiger partial charge in [0.2, 0.25) is 0 Å². The molecule has 1 aliphatic heterocycles. The van der Waals surface area contributed by atoms with Crippen molar-refractivity contribution in [1.82, 2.24) is 10.2 Å². The average molecular weight is 320 g/mol. The van der Waals surface area contributed by atoms with Crippen molar-refractivity contribution in [2.75, 3.05) is 13.1 Å². The number of fused-ring (bicyclic) bond motifs is 1. The van der Waals surface area contributed by atoms with Crippen molar-refractivity contribution < 1.29 is 19.1 Å². The minimum atomic E-state index is -0.854. The number of carboxylic acids is 1. The molecule has 0 saturated carbocycles. The van der Waals surface area contributed by atoms with Gasteiger partial charge in [0.25, 0.3) is 0 Å². The summed E-state index contributed by atoms with van der Waals surface area (Å²) in [5.41, 5.74) is 1.92. The Morgan fingerprint density at radius 3 is 2.87 bits per heavy atom. The number of carbonyl (C=O) groups is 2. The van der Waals surface area contributed by atoms with Crippen LogP contribution in [0.3, 0.4) is 0 Å². The first-order valence-electron chi connectivity index (χ1n) is 8.11. The molecule has 2 N–H and O–H groups in total. The molecule has 6 heteroatoms. The molecule has 2 atom stereocenters. The SMILES string of the molecule is O=C(O)C1CCCN(C(=O)N[C@H]2CCCc3ccc(F)cc32)C1. The maximum atomic E-state index is 13.5. The Bertz CT molecular complexity index is 620. The van der Waals surface area contributed by atoms with Crippen LogP contribution in [0.5, 0.6) is 0 Å². The van der Waals surface area contributed by atoms with Crippen molar-refractivity contribution in [3.63, 3.8) is 0 Å². The molecular formula is C17H21FN2O3. The number of piperidine rings is 1. The number of nitrogens with one attached hydrogen (secondary N) is 1. The Kier molecular flexibility index (Phi) is 4.50. The Hall–Kier alpha value is -2.11. The molecule has 124 valence electrons. The quantitative estimate of drug-likeness (QED) is 0.880. The van der Waals surface area contributed by atoms with Gasteiger partial charge in [-0.15, -0.1) is 0 Å².